The Morgan fingerprint density at radius 3 is 2.62 bits per heavy atom. The lowest BCUT2D eigenvalue weighted by Crippen LogP contribution is -2.38. The lowest BCUT2D eigenvalue weighted by molar-refractivity contribution is 0.0366. The van der Waals surface area contributed by atoms with Gasteiger partial charge in [-0.2, -0.15) is 0 Å². The predicted octanol–water partition coefficient (Wildman–Crippen LogP) is 3.87. The summed E-state index contributed by atoms with van der Waals surface area (Å²) in [4.78, 5) is 19.4. The van der Waals surface area contributed by atoms with Crippen LogP contribution in [0, 0.1) is 0 Å². The van der Waals surface area contributed by atoms with Crippen molar-refractivity contribution in [2.45, 2.75) is 13.5 Å². The minimum atomic E-state index is -0.328. The van der Waals surface area contributed by atoms with Gasteiger partial charge in [-0.15, -0.1) is 0 Å². The van der Waals surface area contributed by atoms with E-state index in [0.29, 0.717) is 17.2 Å². The molecular weight excluding hydrogens is 390 g/mol. The zero-order valence-electron chi connectivity index (χ0n) is 16.4. The van der Waals surface area contributed by atoms with Crippen LogP contribution in [-0.2, 0) is 16.0 Å². The molecular formula is C22H24ClN3O3. The molecule has 1 fully saturated rings. The van der Waals surface area contributed by atoms with Gasteiger partial charge < -0.3 is 14.0 Å². The summed E-state index contributed by atoms with van der Waals surface area (Å²) in [5.41, 5.74) is 3.28. The van der Waals surface area contributed by atoms with E-state index < -0.39 is 0 Å². The number of morpholine rings is 1. The Morgan fingerprint density at radius 1 is 1.14 bits per heavy atom. The molecule has 1 aromatic heterocycles. The number of carbonyl (C=O) groups is 1. The molecule has 0 N–H and O–H groups in total. The topological polar surface area (TPSA) is 56.6 Å². The monoisotopic (exact) mass is 413 g/mol. The van der Waals surface area contributed by atoms with Crippen molar-refractivity contribution in [1.29, 1.82) is 0 Å². The van der Waals surface area contributed by atoms with E-state index in [-0.39, 0.29) is 5.97 Å². The highest BCUT2D eigenvalue weighted by molar-refractivity contribution is 6.30. The molecule has 0 radical (unpaired) electrons. The van der Waals surface area contributed by atoms with Crippen LogP contribution in [0.5, 0.6) is 0 Å². The van der Waals surface area contributed by atoms with Crippen LogP contribution in [0.2, 0.25) is 5.02 Å². The van der Waals surface area contributed by atoms with Gasteiger partial charge >= 0.3 is 5.97 Å². The highest BCUT2D eigenvalue weighted by atomic mass is 35.5. The third-order valence-corrected chi connectivity index (χ3v) is 5.36. The highest BCUT2D eigenvalue weighted by Gasteiger charge is 2.17. The molecule has 2 aromatic carbocycles. The van der Waals surface area contributed by atoms with E-state index in [2.05, 4.69) is 9.47 Å². The maximum atomic E-state index is 12.1. The van der Waals surface area contributed by atoms with Crippen molar-refractivity contribution in [1.82, 2.24) is 14.5 Å². The van der Waals surface area contributed by atoms with Crippen molar-refractivity contribution in [2.75, 3.05) is 39.5 Å². The van der Waals surface area contributed by atoms with E-state index in [1.807, 2.05) is 30.3 Å². The molecule has 0 atom stereocenters. The van der Waals surface area contributed by atoms with Gasteiger partial charge in [0.2, 0.25) is 0 Å². The van der Waals surface area contributed by atoms with Gasteiger partial charge in [-0.05, 0) is 49.4 Å². The molecule has 0 amide bonds. The van der Waals surface area contributed by atoms with E-state index in [9.17, 15) is 4.79 Å². The Bertz CT molecular complexity index is 994. The molecule has 6 nitrogen and oxygen atoms in total. The fraction of sp³-hybridized carbons (Fsp3) is 0.364. The lowest BCUT2D eigenvalue weighted by Gasteiger charge is -2.27. The molecule has 0 saturated carbocycles. The van der Waals surface area contributed by atoms with Gasteiger partial charge in [-0.25, -0.2) is 9.78 Å². The average Bonchev–Trinajstić information content (AvgIpc) is 3.11. The number of hydrogen-bond donors (Lipinski definition) is 0. The zero-order chi connectivity index (χ0) is 20.2. The SMILES string of the molecule is CCOC(=O)c1ccc2c(c1)nc(-c1ccc(Cl)cc1)n2CCN1CCOCC1. The number of nitrogens with zero attached hydrogens (tertiary/aromatic N) is 3. The van der Waals surface area contributed by atoms with Gasteiger partial charge in [0.05, 0.1) is 36.4 Å². The summed E-state index contributed by atoms with van der Waals surface area (Å²) in [5, 5.41) is 0.689. The summed E-state index contributed by atoms with van der Waals surface area (Å²) < 4.78 is 12.8. The number of ether oxygens (including phenoxy) is 2. The fourth-order valence-electron chi connectivity index (χ4n) is 3.58. The van der Waals surface area contributed by atoms with Crippen LogP contribution in [0.25, 0.3) is 22.4 Å². The molecule has 7 heteroatoms. The second-order valence-electron chi connectivity index (χ2n) is 6.97. The number of fused-ring (bicyclic) bond motifs is 1. The summed E-state index contributed by atoms with van der Waals surface area (Å²) in [5.74, 6) is 0.538. The van der Waals surface area contributed by atoms with Crippen LogP contribution in [0.15, 0.2) is 42.5 Å². The van der Waals surface area contributed by atoms with Crippen LogP contribution in [0.3, 0.4) is 0 Å². The van der Waals surface area contributed by atoms with E-state index in [1.165, 1.54) is 0 Å². The Kier molecular flexibility index (Phi) is 6.13. The molecule has 1 aliphatic heterocycles. The molecule has 152 valence electrons. The maximum absolute atomic E-state index is 12.1. The van der Waals surface area contributed by atoms with E-state index >= 15 is 0 Å². The smallest absolute Gasteiger partial charge is 0.338 e. The second-order valence-corrected chi connectivity index (χ2v) is 7.41. The zero-order valence-corrected chi connectivity index (χ0v) is 17.2. The van der Waals surface area contributed by atoms with Crippen molar-refractivity contribution in [3.8, 4) is 11.4 Å². The van der Waals surface area contributed by atoms with Gasteiger partial charge in [-0.1, -0.05) is 11.6 Å². The Hall–Kier alpha value is -2.41. The van der Waals surface area contributed by atoms with Gasteiger partial charge in [0.25, 0.3) is 0 Å². The summed E-state index contributed by atoms with van der Waals surface area (Å²) in [6, 6.07) is 13.2. The molecule has 0 unspecified atom stereocenters. The fourth-order valence-corrected chi connectivity index (χ4v) is 3.71. The Balaban J connectivity index is 1.71. The summed E-state index contributed by atoms with van der Waals surface area (Å²) in [7, 11) is 0. The summed E-state index contributed by atoms with van der Waals surface area (Å²) in [6.45, 7) is 7.29. The van der Waals surface area contributed by atoms with Gasteiger partial charge in [0.15, 0.2) is 0 Å². The first kappa shape index (κ1) is 19.9. The van der Waals surface area contributed by atoms with Crippen LogP contribution >= 0.6 is 11.6 Å². The van der Waals surface area contributed by atoms with Crippen molar-refractivity contribution < 1.29 is 14.3 Å². The molecule has 0 spiro atoms. The number of rotatable bonds is 6. The highest BCUT2D eigenvalue weighted by Crippen LogP contribution is 2.27. The minimum absolute atomic E-state index is 0.328. The first-order valence-electron chi connectivity index (χ1n) is 9.89. The lowest BCUT2D eigenvalue weighted by atomic mass is 10.2. The van der Waals surface area contributed by atoms with Crippen LogP contribution in [0.1, 0.15) is 17.3 Å². The van der Waals surface area contributed by atoms with Crippen LogP contribution < -0.4 is 0 Å². The molecule has 1 aliphatic rings. The number of aromatic nitrogens is 2. The van der Waals surface area contributed by atoms with E-state index in [1.54, 1.807) is 19.1 Å². The largest absolute Gasteiger partial charge is 0.462 e. The standard InChI is InChI=1S/C22H24ClN3O3/c1-2-29-22(27)17-5-8-20-19(15-17)24-21(16-3-6-18(23)7-4-16)26(20)10-9-25-11-13-28-14-12-25/h3-8,15H,2,9-14H2,1H3. The average molecular weight is 414 g/mol. The normalized spacial score (nSPS) is 15.0. The molecule has 1 saturated heterocycles. The molecule has 29 heavy (non-hydrogen) atoms. The third kappa shape index (κ3) is 4.45. The number of imidazole rings is 1. The van der Waals surface area contributed by atoms with Crippen molar-refractivity contribution in [2.24, 2.45) is 0 Å². The predicted molar refractivity (Wildman–Crippen MR) is 113 cm³/mol. The molecule has 4 rings (SSSR count). The van der Waals surface area contributed by atoms with E-state index in [4.69, 9.17) is 26.1 Å². The third-order valence-electron chi connectivity index (χ3n) is 5.11. The van der Waals surface area contributed by atoms with E-state index in [0.717, 1.165) is 61.8 Å². The number of esters is 1. The quantitative estimate of drug-likeness (QED) is 0.574. The molecule has 2 heterocycles. The summed E-state index contributed by atoms with van der Waals surface area (Å²) >= 11 is 6.07. The van der Waals surface area contributed by atoms with Gasteiger partial charge in [0, 0.05) is 36.8 Å². The Labute approximate surface area is 175 Å². The molecule has 0 aliphatic carbocycles. The van der Waals surface area contributed by atoms with Crippen molar-refractivity contribution in [3.05, 3.63) is 53.1 Å². The minimum Gasteiger partial charge on any atom is -0.462 e. The number of carbonyl (C=O) groups excluding carboxylic acids is 1. The van der Waals surface area contributed by atoms with Crippen molar-refractivity contribution in [3.63, 3.8) is 0 Å². The first-order valence-corrected chi connectivity index (χ1v) is 10.3. The van der Waals surface area contributed by atoms with Crippen molar-refractivity contribution >= 4 is 28.6 Å². The summed E-state index contributed by atoms with van der Waals surface area (Å²) in [6.07, 6.45) is 0. The molecule has 3 aromatic rings. The number of hydrogen-bond acceptors (Lipinski definition) is 5. The second kappa shape index (κ2) is 8.95. The number of halogens is 1. The number of benzene rings is 2. The van der Waals surface area contributed by atoms with Gasteiger partial charge in [-0.3, -0.25) is 4.90 Å². The molecule has 0 bridgehead atoms. The van der Waals surface area contributed by atoms with Crippen LogP contribution in [0.4, 0.5) is 0 Å². The van der Waals surface area contributed by atoms with Gasteiger partial charge in [0.1, 0.15) is 5.82 Å². The maximum Gasteiger partial charge on any atom is 0.338 e. The first-order chi connectivity index (χ1) is 14.2. The Morgan fingerprint density at radius 2 is 1.90 bits per heavy atom. The van der Waals surface area contributed by atoms with Crippen LogP contribution in [-0.4, -0.2) is 59.9 Å².